The average molecular weight is 702 g/mol. The Morgan fingerprint density at radius 1 is 0.820 bits per heavy atom. The van der Waals surface area contributed by atoms with Gasteiger partial charge in [-0.05, 0) is 92.2 Å². The van der Waals surface area contributed by atoms with E-state index in [0.717, 1.165) is 38.2 Å². The van der Waals surface area contributed by atoms with Gasteiger partial charge in [-0.15, -0.1) is 0 Å². The third-order valence-corrected chi connectivity index (χ3v) is 10.5. The molecular formula is C38H48FN7O3S. The summed E-state index contributed by atoms with van der Waals surface area (Å²) in [5.41, 5.74) is 15.0. The molecule has 0 saturated carbocycles. The first kappa shape index (κ1) is 37.0. The minimum absolute atomic E-state index is 0.225. The number of hydrogen-bond acceptors (Lipinski definition) is 7. The van der Waals surface area contributed by atoms with Gasteiger partial charge in [0.25, 0.3) is 0 Å². The number of carbonyl (C=O) groups excluding carboxylic acids is 3. The highest BCUT2D eigenvalue weighted by Gasteiger charge is 2.34. The molecule has 50 heavy (non-hydrogen) atoms. The van der Waals surface area contributed by atoms with Crippen LogP contribution >= 0.6 is 11.8 Å². The Morgan fingerprint density at radius 2 is 1.52 bits per heavy atom. The molecule has 0 bridgehead atoms. The molecule has 8 N–H and O–H groups in total. The number of amides is 3. The zero-order valence-electron chi connectivity index (χ0n) is 28.6. The second-order valence-corrected chi connectivity index (χ2v) is 13.9. The van der Waals surface area contributed by atoms with E-state index < -0.39 is 18.1 Å². The van der Waals surface area contributed by atoms with Crippen LogP contribution in [0.4, 0.5) is 4.39 Å². The molecule has 0 aliphatic carbocycles. The Morgan fingerprint density at radius 3 is 2.30 bits per heavy atom. The zero-order valence-corrected chi connectivity index (χ0v) is 29.4. The number of carbonyl (C=O) groups is 3. The number of fused-ring (bicyclic) bond motifs is 3. The SMILES string of the molecule is CN1C(=O)[C@H](CCCCN)NC(=O)[C@H](CCCCN)NCc2cc(F)ccc2Sc2ccccc2CNC(=O)[C@@H]1Cc1c[nH]c2ccccc12. The number of nitrogens with one attached hydrogen (secondary N) is 4. The number of unbranched alkanes of at least 4 members (excludes halogenated alkanes) is 2. The number of halogens is 1. The summed E-state index contributed by atoms with van der Waals surface area (Å²) in [6.07, 6.45) is 5.71. The lowest BCUT2D eigenvalue weighted by molar-refractivity contribution is -0.142. The molecular weight excluding hydrogens is 654 g/mol. The van der Waals surface area contributed by atoms with Gasteiger partial charge in [0.15, 0.2) is 0 Å². The number of likely N-dealkylation sites (N-methyl/N-ethyl adjacent to an activating group) is 1. The number of aromatic amines is 1. The molecule has 266 valence electrons. The minimum atomic E-state index is -0.882. The van der Waals surface area contributed by atoms with E-state index in [1.807, 2.05) is 54.7 Å². The van der Waals surface area contributed by atoms with E-state index in [4.69, 9.17) is 11.5 Å². The monoisotopic (exact) mass is 701 g/mol. The normalized spacial score (nSPS) is 19.4. The third kappa shape index (κ3) is 9.51. The first-order valence-electron chi connectivity index (χ1n) is 17.4. The molecule has 3 amide bonds. The zero-order chi connectivity index (χ0) is 35.5. The van der Waals surface area contributed by atoms with Gasteiger partial charge in [0.2, 0.25) is 17.7 Å². The molecule has 3 aromatic carbocycles. The summed E-state index contributed by atoms with van der Waals surface area (Å²) in [5.74, 6) is -1.38. The molecule has 0 fully saturated rings. The fourth-order valence-electron chi connectivity index (χ4n) is 6.34. The van der Waals surface area contributed by atoms with Crippen LogP contribution in [0.3, 0.4) is 0 Å². The third-order valence-electron chi connectivity index (χ3n) is 9.24. The number of hydrogen-bond donors (Lipinski definition) is 6. The van der Waals surface area contributed by atoms with E-state index in [-0.39, 0.29) is 43.0 Å². The first-order valence-corrected chi connectivity index (χ1v) is 18.2. The molecule has 4 aromatic rings. The smallest absolute Gasteiger partial charge is 0.245 e. The summed E-state index contributed by atoms with van der Waals surface area (Å²) in [6.45, 7) is 1.40. The molecule has 12 heteroatoms. The Bertz CT molecular complexity index is 1770. The van der Waals surface area contributed by atoms with Crippen LogP contribution in [0.1, 0.15) is 55.2 Å². The largest absolute Gasteiger partial charge is 0.361 e. The number of H-pyrrole nitrogens is 1. The minimum Gasteiger partial charge on any atom is -0.361 e. The number of benzene rings is 3. The lowest BCUT2D eigenvalue weighted by Gasteiger charge is -2.32. The van der Waals surface area contributed by atoms with Crippen LogP contribution in [-0.2, 0) is 33.9 Å². The van der Waals surface area contributed by atoms with Crippen molar-refractivity contribution >= 4 is 40.4 Å². The molecule has 3 atom stereocenters. The second-order valence-electron chi connectivity index (χ2n) is 12.8. The van der Waals surface area contributed by atoms with Crippen LogP contribution in [0.5, 0.6) is 0 Å². The molecule has 1 aliphatic rings. The molecule has 10 nitrogen and oxygen atoms in total. The summed E-state index contributed by atoms with van der Waals surface area (Å²) < 4.78 is 14.6. The maximum absolute atomic E-state index is 14.6. The number of nitrogens with zero attached hydrogens (tertiary/aromatic N) is 1. The van der Waals surface area contributed by atoms with Crippen LogP contribution in [0, 0.1) is 5.82 Å². The van der Waals surface area contributed by atoms with Gasteiger partial charge in [-0.2, -0.15) is 0 Å². The standard InChI is InChI=1S/C38H48FN7O3S/c1-46-33(21-26-23-42-30-12-4-3-11-29(26)30)37(48)44-22-25-10-2-5-15-34(25)50-35-17-16-28(39)20-27(35)24-43-31(13-6-8-18-40)36(47)45-32(38(46)49)14-7-9-19-41/h2-5,10-12,15-17,20,23,31-33,42-43H,6-9,13-14,18-19,21-22,24,40-41H2,1H3,(H,44,48)(H,45,47)/t31-,32-,33-/m0/s1. The number of nitrogens with two attached hydrogens (primary N) is 2. The average Bonchev–Trinajstić information content (AvgIpc) is 3.53. The summed E-state index contributed by atoms with van der Waals surface area (Å²) in [5, 5.41) is 10.4. The lowest BCUT2D eigenvalue weighted by Crippen LogP contribution is -2.57. The maximum atomic E-state index is 14.6. The van der Waals surface area contributed by atoms with Gasteiger partial charge in [-0.3, -0.25) is 14.4 Å². The van der Waals surface area contributed by atoms with Crippen LogP contribution in [0.2, 0.25) is 0 Å². The fourth-order valence-corrected chi connectivity index (χ4v) is 7.39. The predicted octanol–water partition coefficient (Wildman–Crippen LogP) is 4.36. The Labute approximate surface area is 297 Å². The van der Waals surface area contributed by atoms with E-state index in [1.165, 1.54) is 28.8 Å². The Kier molecular flexibility index (Phi) is 13.4. The molecule has 0 radical (unpaired) electrons. The van der Waals surface area contributed by atoms with Gasteiger partial charge < -0.3 is 37.3 Å². The predicted molar refractivity (Wildman–Crippen MR) is 196 cm³/mol. The first-order chi connectivity index (χ1) is 24.3. The van der Waals surface area contributed by atoms with Crippen LogP contribution < -0.4 is 27.4 Å². The topological polar surface area (TPSA) is 158 Å². The molecule has 1 aliphatic heterocycles. The number of aromatic nitrogens is 1. The van der Waals surface area contributed by atoms with Crippen LogP contribution in [0.15, 0.2) is 82.7 Å². The van der Waals surface area contributed by atoms with Crippen LogP contribution in [0.25, 0.3) is 10.9 Å². The summed E-state index contributed by atoms with van der Waals surface area (Å²) in [6, 6.07) is 17.8. The molecule has 5 rings (SSSR count). The van der Waals surface area contributed by atoms with Crippen molar-refractivity contribution in [1.82, 2.24) is 25.8 Å². The highest BCUT2D eigenvalue weighted by atomic mass is 32.2. The second kappa shape index (κ2) is 18.1. The summed E-state index contributed by atoms with van der Waals surface area (Å²) in [7, 11) is 1.63. The van der Waals surface area contributed by atoms with Gasteiger partial charge >= 0.3 is 0 Å². The lowest BCUT2D eigenvalue weighted by atomic mass is 10.0. The molecule has 2 heterocycles. The van der Waals surface area contributed by atoms with Crippen molar-refractivity contribution in [2.45, 2.75) is 86.0 Å². The quantitative estimate of drug-likeness (QED) is 0.134. The van der Waals surface area contributed by atoms with Crippen molar-refractivity contribution in [2.75, 3.05) is 20.1 Å². The van der Waals surface area contributed by atoms with Crippen molar-refractivity contribution in [2.24, 2.45) is 11.5 Å². The number of rotatable bonds is 10. The fraction of sp³-hybridized carbons (Fsp3) is 0.395. The highest BCUT2D eigenvalue weighted by molar-refractivity contribution is 7.99. The van der Waals surface area contributed by atoms with E-state index >= 15 is 0 Å². The highest BCUT2D eigenvalue weighted by Crippen LogP contribution is 2.34. The summed E-state index contributed by atoms with van der Waals surface area (Å²) >= 11 is 1.48. The maximum Gasteiger partial charge on any atom is 0.245 e. The molecule has 0 spiro atoms. The van der Waals surface area contributed by atoms with Gasteiger partial charge in [-0.1, -0.05) is 54.6 Å². The van der Waals surface area contributed by atoms with Crippen molar-refractivity contribution in [3.8, 4) is 0 Å². The van der Waals surface area contributed by atoms with Crippen molar-refractivity contribution in [3.63, 3.8) is 0 Å². The van der Waals surface area contributed by atoms with Crippen molar-refractivity contribution in [3.05, 3.63) is 95.4 Å². The summed E-state index contributed by atoms with van der Waals surface area (Å²) in [4.78, 5) is 49.0. The van der Waals surface area contributed by atoms with E-state index in [2.05, 4.69) is 20.9 Å². The van der Waals surface area contributed by atoms with Gasteiger partial charge in [0.1, 0.15) is 17.9 Å². The van der Waals surface area contributed by atoms with Crippen molar-refractivity contribution in [1.29, 1.82) is 0 Å². The van der Waals surface area contributed by atoms with E-state index in [0.29, 0.717) is 50.8 Å². The van der Waals surface area contributed by atoms with Crippen LogP contribution in [-0.4, -0.2) is 65.9 Å². The molecule has 1 aromatic heterocycles. The number of para-hydroxylation sites is 1. The molecule has 0 saturated heterocycles. The molecule has 0 unspecified atom stereocenters. The van der Waals surface area contributed by atoms with Gasteiger partial charge in [0.05, 0.1) is 6.04 Å². The Hall–Kier alpha value is -4.23. The van der Waals surface area contributed by atoms with Gasteiger partial charge in [-0.25, -0.2) is 4.39 Å². The van der Waals surface area contributed by atoms with Crippen molar-refractivity contribution < 1.29 is 18.8 Å². The van der Waals surface area contributed by atoms with E-state index in [1.54, 1.807) is 13.1 Å². The van der Waals surface area contributed by atoms with Gasteiger partial charge in [0, 0.05) is 53.4 Å². The van der Waals surface area contributed by atoms with E-state index in [9.17, 15) is 18.8 Å². The Balaban J connectivity index is 1.54.